The van der Waals surface area contributed by atoms with Crippen molar-refractivity contribution in [2.24, 2.45) is 11.8 Å². The number of aryl methyl sites for hydroxylation is 1. The Balaban J connectivity index is 1.95. The van der Waals surface area contributed by atoms with E-state index >= 15 is 0 Å². The predicted octanol–water partition coefficient (Wildman–Crippen LogP) is 4.45. The number of nitrogens with zero attached hydrogens (tertiary/aromatic N) is 1. The number of halogens is 1. The average molecular weight is 580 g/mol. The number of ether oxygens (including phenoxy) is 3. The van der Waals surface area contributed by atoms with Crippen molar-refractivity contribution in [3.05, 3.63) is 58.0 Å². The van der Waals surface area contributed by atoms with Gasteiger partial charge in [0.2, 0.25) is 5.91 Å². The van der Waals surface area contributed by atoms with E-state index in [-0.39, 0.29) is 32.2 Å². The number of imide groups is 1. The number of esters is 1. The van der Waals surface area contributed by atoms with Gasteiger partial charge in [-0.25, -0.2) is 9.69 Å². The number of furan rings is 1. The van der Waals surface area contributed by atoms with E-state index in [1.165, 1.54) is 6.92 Å². The maximum Gasteiger partial charge on any atom is 0.416 e. The molecule has 0 spiro atoms. The van der Waals surface area contributed by atoms with Crippen molar-refractivity contribution in [2.45, 2.75) is 52.2 Å². The van der Waals surface area contributed by atoms with E-state index in [9.17, 15) is 14.4 Å². The number of rotatable bonds is 13. The number of hydrogen-bond acceptors (Lipinski definition) is 8. The maximum absolute atomic E-state index is 14.0. The molecule has 0 saturated carbocycles. The van der Waals surface area contributed by atoms with Gasteiger partial charge in [0.15, 0.2) is 6.10 Å². The molecule has 0 bridgehead atoms. The molecule has 2 amide bonds. The van der Waals surface area contributed by atoms with Gasteiger partial charge in [-0.15, -0.1) is 0 Å². The normalized spacial score (nSPS) is 17.1. The van der Waals surface area contributed by atoms with Gasteiger partial charge in [-0.1, -0.05) is 44.2 Å². The van der Waals surface area contributed by atoms with Gasteiger partial charge < -0.3 is 23.7 Å². The molecule has 10 heteroatoms. The summed E-state index contributed by atoms with van der Waals surface area (Å²) in [6.45, 7) is 5.89. The minimum Gasteiger partial charge on any atom is -0.461 e. The summed E-state index contributed by atoms with van der Waals surface area (Å²) in [7, 11) is 0. The number of aliphatic hydroxyl groups is 1. The summed E-state index contributed by atoms with van der Waals surface area (Å²) in [5, 5.41) is 8.85. The van der Waals surface area contributed by atoms with Crippen molar-refractivity contribution in [2.75, 3.05) is 26.4 Å². The monoisotopic (exact) mass is 579 g/mol. The lowest BCUT2D eigenvalue weighted by Crippen LogP contribution is -2.47. The first-order chi connectivity index (χ1) is 17.7. The second-order valence-electron chi connectivity index (χ2n) is 9.28. The maximum atomic E-state index is 14.0. The minimum absolute atomic E-state index is 0.0163. The Labute approximate surface area is 225 Å². The smallest absolute Gasteiger partial charge is 0.416 e. The molecule has 1 fully saturated rings. The molecule has 1 aliphatic rings. The first-order valence-corrected chi connectivity index (χ1v) is 13.2. The molecule has 0 unspecified atom stereocenters. The number of carbonyl (C=O) groups is 3. The van der Waals surface area contributed by atoms with Crippen molar-refractivity contribution in [1.29, 1.82) is 0 Å². The fourth-order valence-corrected chi connectivity index (χ4v) is 4.81. The molecule has 1 aliphatic heterocycles. The molecule has 0 aliphatic carbocycles. The molecule has 0 radical (unpaired) electrons. The number of hydrogen-bond donors (Lipinski definition) is 1. The van der Waals surface area contributed by atoms with Crippen LogP contribution in [0.1, 0.15) is 50.4 Å². The van der Waals surface area contributed by atoms with Crippen molar-refractivity contribution in [3.63, 3.8) is 0 Å². The minimum atomic E-state index is -1.07. The van der Waals surface area contributed by atoms with E-state index in [1.54, 1.807) is 6.07 Å². The number of benzene rings is 1. The SMILES string of the molecule is CC(=O)O[C@H](c1cc(Br)c(CCCOCCO)o1)[C@@H](Cc1ccccc1)C(=O)N1C(=O)OC[C@@H]1C(C)C. The van der Waals surface area contributed by atoms with E-state index in [2.05, 4.69) is 15.9 Å². The Bertz CT molecular complexity index is 1050. The Kier molecular flexibility index (Phi) is 10.7. The lowest BCUT2D eigenvalue weighted by Gasteiger charge is -2.30. The Morgan fingerprint density at radius 3 is 2.59 bits per heavy atom. The molecule has 1 N–H and O–H groups in total. The van der Waals surface area contributed by atoms with E-state index in [4.69, 9.17) is 23.7 Å². The molecule has 1 aromatic heterocycles. The highest BCUT2D eigenvalue weighted by atomic mass is 79.9. The van der Waals surface area contributed by atoms with Crippen LogP contribution >= 0.6 is 15.9 Å². The third-order valence-corrected chi connectivity index (χ3v) is 6.84. The standard InChI is InChI=1S/C27H34BrNO8/c1-17(2)22-16-35-27(33)29(22)26(32)20(14-19-8-5-4-6-9-19)25(36-18(3)31)24-15-21(28)23(37-24)10-7-12-34-13-11-30/h4-6,8-9,15,17,20,22,25,30H,7,10-14,16H2,1-3H3/t20-,22-,25+/m1/s1. The first kappa shape index (κ1) is 28.9. The van der Waals surface area contributed by atoms with Crippen LogP contribution in [-0.2, 0) is 36.6 Å². The van der Waals surface area contributed by atoms with E-state index in [0.717, 1.165) is 10.5 Å². The van der Waals surface area contributed by atoms with Crippen molar-refractivity contribution >= 4 is 33.9 Å². The number of aliphatic hydroxyl groups excluding tert-OH is 1. The van der Waals surface area contributed by atoms with Crippen LogP contribution in [0.15, 0.2) is 45.3 Å². The summed E-state index contributed by atoms with van der Waals surface area (Å²) >= 11 is 3.51. The molecule has 9 nitrogen and oxygen atoms in total. The number of amides is 2. The van der Waals surface area contributed by atoms with Crippen LogP contribution < -0.4 is 0 Å². The van der Waals surface area contributed by atoms with Gasteiger partial charge >= 0.3 is 12.1 Å². The fourth-order valence-electron chi connectivity index (χ4n) is 4.31. The number of carbonyl (C=O) groups excluding carboxylic acids is 3. The van der Waals surface area contributed by atoms with Crippen LogP contribution in [0, 0.1) is 11.8 Å². The molecule has 1 saturated heterocycles. The van der Waals surface area contributed by atoms with Gasteiger partial charge in [-0.2, -0.15) is 0 Å². The first-order valence-electron chi connectivity index (χ1n) is 12.4. The Hall–Kier alpha value is -2.69. The quantitative estimate of drug-likeness (QED) is 0.273. The highest BCUT2D eigenvalue weighted by Gasteiger charge is 2.46. The summed E-state index contributed by atoms with van der Waals surface area (Å²) in [6, 6.07) is 10.6. The van der Waals surface area contributed by atoms with Crippen molar-refractivity contribution in [3.8, 4) is 0 Å². The van der Waals surface area contributed by atoms with Crippen molar-refractivity contribution in [1.82, 2.24) is 4.90 Å². The van der Waals surface area contributed by atoms with Crippen molar-refractivity contribution < 1.29 is 38.1 Å². The van der Waals surface area contributed by atoms with Gasteiger partial charge in [0, 0.05) is 20.0 Å². The summed E-state index contributed by atoms with van der Waals surface area (Å²) in [4.78, 5) is 40.0. The summed E-state index contributed by atoms with van der Waals surface area (Å²) in [6.07, 6.45) is -0.375. The van der Waals surface area contributed by atoms with Crippen LogP contribution in [0.25, 0.3) is 0 Å². The van der Waals surface area contributed by atoms with Crippen LogP contribution in [0.4, 0.5) is 4.79 Å². The molecule has 37 heavy (non-hydrogen) atoms. The van der Waals surface area contributed by atoms with Crippen LogP contribution in [0.2, 0.25) is 0 Å². The molecular weight excluding hydrogens is 546 g/mol. The number of cyclic esters (lactones) is 1. The van der Waals surface area contributed by atoms with Gasteiger partial charge in [0.1, 0.15) is 18.1 Å². The van der Waals surface area contributed by atoms with Gasteiger partial charge in [-0.05, 0) is 46.3 Å². The highest BCUT2D eigenvalue weighted by molar-refractivity contribution is 9.10. The molecular formula is C27H34BrNO8. The second-order valence-corrected chi connectivity index (χ2v) is 10.1. The van der Waals surface area contributed by atoms with Gasteiger partial charge in [-0.3, -0.25) is 9.59 Å². The second kappa shape index (κ2) is 13.7. The largest absolute Gasteiger partial charge is 0.461 e. The molecule has 3 rings (SSSR count). The van der Waals surface area contributed by atoms with Gasteiger partial charge in [0.05, 0.1) is 29.6 Å². The Morgan fingerprint density at radius 2 is 1.95 bits per heavy atom. The lowest BCUT2D eigenvalue weighted by atomic mass is 9.90. The lowest BCUT2D eigenvalue weighted by molar-refractivity contribution is -0.155. The third kappa shape index (κ3) is 7.66. The van der Waals surface area contributed by atoms with Crippen LogP contribution in [-0.4, -0.2) is 60.4 Å². The zero-order chi connectivity index (χ0) is 26.9. The van der Waals surface area contributed by atoms with Crippen LogP contribution in [0.3, 0.4) is 0 Å². The molecule has 202 valence electrons. The summed E-state index contributed by atoms with van der Waals surface area (Å²) in [5.41, 5.74) is 0.846. The summed E-state index contributed by atoms with van der Waals surface area (Å²) < 4.78 is 23.0. The zero-order valence-corrected chi connectivity index (χ0v) is 22.9. The average Bonchev–Trinajstić information content (AvgIpc) is 3.43. The third-order valence-electron chi connectivity index (χ3n) is 6.17. The van der Waals surface area contributed by atoms with E-state index in [0.29, 0.717) is 35.4 Å². The Morgan fingerprint density at radius 1 is 1.22 bits per heavy atom. The highest BCUT2D eigenvalue weighted by Crippen LogP contribution is 2.37. The van der Waals surface area contributed by atoms with Gasteiger partial charge in [0.25, 0.3) is 0 Å². The van der Waals surface area contributed by atoms with E-state index in [1.807, 2.05) is 44.2 Å². The molecule has 2 heterocycles. The molecule has 2 aromatic rings. The van der Waals surface area contributed by atoms with E-state index < -0.39 is 36.0 Å². The molecule has 1 aromatic carbocycles. The predicted molar refractivity (Wildman–Crippen MR) is 138 cm³/mol. The fraction of sp³-hybridized carbons (Fsp3) is 0.519. The summed E-state index contributed by atoms with van der Waals surface area (Å²) in [5.74, 6) is -1.09. The zero-order valence-electron chi connectivity index (χ0n) is 21.4. The van der Waals surface area contributed by atoms with Crippen LogP contribution in [0.5, 0.6) is 0 Å². The topological polar surface area (TPSA) is 116 Å². The molecule has 3 atom stereocenters.